The lowest BCUT2D eigenvalue weighted by molar-refractivity contribution is -0.143. The molecule has 2 N–H and O–H groups in total. The SMILES string of the molecule is CCOC(=O)C[C@@H](N)c1ccc(C)s1. The Kier molecular flexibility index (Phi) is 4.10. The Hall–Kier alpha value is -0.870. The molecule has 0 fully saturated rings. The summed E-state index contributed by atoms with van der Waals surface area (Å²) in [6.07, 6.45) is 0.258. The van der Waals surface area contributed by atoms with Crippen LogP contribution in [-0.2, 0) is 9.53 Å². The Morgan fingerprint density at radius 2 is 2.36 bits per heavy atom. The van der Waals surface area contributed by atoms with Crippen molar-refractivity contribution >= 4 is 17.3 Å². The van der Waals surface area contributed by atoms with E-state index in [4.69, 9.17) is 10.5 Å². The largest absolute Gasteiger partial charge is 0.466 e. The van der Waals surface area contributed by atoms with Gasteiger partial charge in [-0.1, -0.05) is 0 Å². The molecule has 0 aromatic carbocycles. The molecular weight excluding hydrogens is 198 g/mol. The van der Waals surface area contributed by atoms with Crippen molar-refractivity contribution in [2.45, 2.75) is 26.3 Å². The van der Waals surface area contributed by atoms with E-state index >= 15 is 0 Å². The minimum absolute atomic E-state index is 0.229. The normalized spacial score (nSPS) is 12.5. The average Bonchev–Trinajstić information content (AvgIpc) is 2.52. The highest BCUT2D eigenvalue weighted by Crippen LogP contribution is 2.23. The quantitative estimate of drug-likeness (QED) is 0.778. The van der Waals surface area contributed by atoms with Crippen LogP contribution in [0.2, 0.25) is 0 Å². The van der Waals surface area contributed by atoms with Gasteiger partial charge in [0.25, 0.3) is 0 Å². The van der Waals surface area contributed by atoms with Crippen molar-refractivity contribution in [1.29, 1.82) is 0 Å². The van der Waals surface area contributed by atoms with E-state index in [1.807, 2.05) is 19.1 Å². The first-order chi connectivity index (χ1) is 6.63. The van der Waals surface area contributed by atoms with E-state index in [9.17, 15) is 4.79 Å². The molecule has 1 aromatic heterocycles. The number of ether oxygens (including phenoxy) is 1. The molecule has 0 aliphatic heterocycles. The molecule has 0 unspecified atom stereocenters. The highest BCUT2D eigenvalue weighted by atomic mass is 32.1. The minimum atomic E-state index is -0.231. The predicted octanol–water partition coefficient (Wildman–Crippen LogP) is 2.01. The van der Waals surface area contributed by atoms with Crippen molar-refractivity contribution in [3.8, 4) is 0 Å². The van der Waals surface area contributed by atoms with Gasteiger partial charge in [-0.3, -0.25) is 4.79 Å². The van der Waals surface area contributed by atoms with Gasteiger partial charge in [0, 0.05) is 15.8 Å². The van der Waals surface area contributed by atoms with E-state index in [1.54, 1.807) is 18.3 Å². The molecule has 1 atom stereocenters. The van der Waals surface area contributed by atoms with Gasteiger partial charge in [0.1, 0.15) is 0 Å². The van der Waals surface area contributed by atoms with Crippen molar-refractivity contribution in [2.24, 2.45) is 5.73 Å². The van der Waals surface area contributed by atoms with Gasteiger partial charge < -0.3 is 10.5 Å². The lowest BCUT2D eigenvalue weighted by Gasteiger charge is -2.08. The van der Waals surface area contributed by atoms with E-state index < -0.39 is 0 Å². The summed E-state index contributed by atoms with van der Waals surface area (Å²) in [5.74, 6) is -0.231. The summed E-state index contributed by atoms with van der Waals surface area (Å²) in [4.78, 5) is 13.4. The number of hydrogen-bond acceptors (Lipinski definition) is 4. The van der Waals surface area contributed by atoms with Gasteiger partial charge in [0.15, 0.2) is 0 Å². The van der Waals surface area contributed by atoms with Crippen LogP contribution in [0.15, 0.2) is 12.1 Å². The van der Waals surface area contributed by atoms with Crippen molar-refractivity contribution in [2.75, 3.05) is 6.61 Å². The number of rotatable bonds is 4. The molecule has 14 heavy (non-hydrogen) atoms. The number of aryl methyl sites for hydroxylation is 1. The van der Waals surface area contributed by atoms with Gasteiger partial charge in [0.2, 0.25) is 0 Å². The van der Waals surface area contributed by atoms with Gasteiger partial charge in [-0.25, -0.2) is 0 Å². The summed E-state index contributed by atoms with van der Waals surface area (Å²) >= 11 is 1.62. The third-order valence-electron chi connectivity index (χ3n) is 1.82. The molecule has 1 aromatic rings. The fourth-order valence-corrected chi connectivity index (χ4v) is 2.03. The van der Waals surface area contributed by atoms with E-state index in [0.29, 0.717) is 6.61 Å². The molecule has 1 heterocycles. The topological polar surface area (TPSA) is 52.3 Å². The number of thiophene rings is 1. The molecule has 0 saturated carbocycles. The summed E-state index contributed by atoms with van der Waals surface area (Å²) in [6, 6.07) is 3.74. The number of hydrogen-bond donors (Lipinski definition) is 1. The summed E-state index contributed by atoms with van der Waals surface area (Å²) in [6.45, 7) is 4.22. The summed E-state index contributed by atoms with van der Waals surface area (Å²) < 4.78 is 4.83. The van der Waals surface area contributed by atoms with Gasteiger partial charge in [-0.15, -0.1) is 11.3 Å². The lowest BCUT2D eigenvalue weighted by atomic mass is 10.2. The number of esters is 1. The van der Waals surface area contributed by atoms with Crippen LogP contribution in [-0.4, -0.2) is 12.6 Å². The van der Waals surface area contributed by atoms with Gasteiger partial charge in [-0.05, 0) is 26.0 Å². The van der Waals surface area contributed by atoms with E-state index in [1.165, 1.54) is 4.88 Å². The Balaban J connectivity index is 2.50. The Morgan fingerprint density at radius 1 is 1.64 bits per heavy atom. The first kappa shape index (κ1) is 11.2. The maximum absolute atomic E-state index is 11.1. The molecule has 4 heteroatoms. The first-order valence-electron chi connectivity index (χ1n) is 4.61. The third-order valence-corrected chi connectivity index (χ3v) is 2.95. The second-order valence-corrected chi connectivity index (χ2v) is 4.38. The second-order valence-electron chi connectivity index (χ2n) is 3.06. The zero-order valence-electron chi connectivity index (χ0n) is 8.45. The van der Waals surface area contributed by atoms with Gasteiger partial charge >= 0.3 is 5.97 Å². The average molecular weight is 213 g/mol. The smallest absolute Gasteiger partial charge is 0.307 e. The Bertz CT molecular complexity index is 309. The van der Waals surface area contributed by atoms with Gasteiger partial charge in [-0.2, -0.15) is 0 Å². The first-order valence-corrected chi connectivity index (χ1v) is 5.42. The van der Waals surface area contributed by atoms with Crippen LogP contribution < -0.4 is 5.73 Å². The van der Waals surface area contributed by atoms with Crippen LogP contribution in [0.1, 0.15) is 29.1 Å². The molecule has 78 valence electrons. The number of carbonyl (C=O) groups is 1. The Morgan fingerprint density at radius 3 is 2.86 bits per heavy atom. The maximum Gasteiger partial charge on any atom is 0.307 e. The molecule has 0 aliphatic rings. The minimum Gasteiger partial charge on any atom is -0.466 e. The van der Waals surface area contributed by atoms with Crippen LogP contribution in [0.4, 0.5) is 0 Å². The number of carbonyl (C=O) groups excluding carboxylic acids is 1. The van der Waals surface area contributed by atoms with Crippen molar-refractivity contribution in [1.82, 2.24) is 0 Å². The fraction of sp³-hybridized carbons (Fsp3) is 0.500. The Labute approximate surface area is 87.9 Å². The highest BCUT2D eigenvalue weighted by Gasteiger charge is 2.13. The van der Waals surface area contributed by atoms with Crippen LogP contribution in [0, 0.1) is 6.92 Å². The maximum atomic E-state index is 11.1. The van der Waals surface area contributed by atoms with E-state index in [-0.39, 0.29) is 18.4 Å². The zero-order valence-corrected chi connectivity index (χ0v) is 9.26. The fourth-order valence-electron chi connectivity index (χ4n) is 1.15. The molecule has 1 rings (SSSR count). The zero-order chi connectivity index (χ0) is 10.6. The van der Waals surface area contributed by atoms with Crippen molar-refractivity contribution in [3.63, 3.8) is 0 Å². The van der Waals surface area contributed by atoms with Crippen LogP contribution in [0.3, 0.4) is 0 Å². The van der Waals surface area contributed by atoms with Crippen LogP contribution in [0.5, 0.6) is 0 Å². The molecule has 3 nitrogen and oxygen atoms in total. The van der Waals surface area contributed by atoms with Crippen LogP contribution in [0.25, 0.3) is 0 Å². The molecule has 0 aliphatic carbocycles. The molecule has 0 saturated heterocycles. The van der Waals surface area contributed by atoms with Crippen molar-refractivity contribution < 1.29 is 9.53 Å². The standard InChI is InChI=1S/C10H15NO2S/c1-3-13-10(12)6-8(11)9-5-4-7(2)14-9/h4-5,8H,3,6,11H2,1-2H3/t8-/m1/s1. The van der Waals surface area contributed by atoms with E-state index in [2.05, 4.69) is 0 Å². The molecule has 0 bridgehead atoms. The highest BCUT2D eigenvalue weighted by molar-refractivity contribution is 7.12. The molecule has 0 radical (unpaired) electrons. The lowest BCUT2D eigenvalue weighted by Crippen LogP contribution is -2.16. The molecular formula is C10H15NO2S. The summed E-state index contributed by atoms with van der Waals surface area (Å²) in [5, 5.41) is 0. The summed E-state index contributed by atoms with van der Waals surface area (Å²) in [7, 11) is 0. The van der Waals surface area contributed by atoms with Gasteiger partial charge in [0.05, 0.1) is 13.0 Å². The number of nitrogens with two attached hydrogens (primary N) is 1. The third kappa shape index (κ3) is 3.12. The summed E-state index contributed by atoms with van der Waals surface area (Å²) in [5.41, 5.74) is 5.85. The van der Waals surface area contributed by atoms with Crippen LogP contribution >= 0.6 is 11.3 Å². The second kappa shape index (κ2) is 5.12. The predicted molar refractivity (Wildman–Crippen MR) is 57.2 cm³/mol. The molecule has 0 amide bonds. The van der Waals surface area contributed by atoms with E-state index in [0.717, 1.165) is 4.88 Å². The monoisotopic (exact) mass is 213 g/mol. The van der Waals surface area contributed by atoms with Crippen molar-refractivity contribution in [3.05, 3.63) is 21.9 Å². The molecule has 0 spiro atoms.